The zero-order valence-electron chi connectivity index (χ0n) is 22.5. The Labute approximate surface area is 223 Å². The first-order valence-electron chi connectivity index (χ1n) is 13.0. The van der Waals surface area contributed by atoms with Gasteiger partial charge in [-0.05, 0) is 30.8 Å². The molecule has 9 nitrogen and oxygen atoms in total. The molecule has 0 aromatic heterocycles. The van der Waals surface area contributed by atoms with Crippen molar-refractivity contribution in [3.05, 3.63) is 48.2 Å². The number of aliphatic hydroxyl groups is 1. The Morgan fingerprint density at radius 1 is 1.18 bits per heavy atom. The monoisotopic (exact) mass is 527 g/mol. The van der Waals surface area contributed by atoms with Crippen LogP contribution in [0.5, 0.6) is 0 Å². The number of ketones is 2. The van der Waals surface area contributed by atoms with Crippen LogP contribution in [-0.4, -0.2) is 78.6 Å². The Bertz CT molecular complexity index is 1130. The summed E-state index contributed by atoms with van der Waals surface area (Å²) in [4.78, 5) is 55.4. The second kappa shape index (κ2) is 10.3. The predicted molar refractivity (Wildman–Crippen MR) is 137 cm³/mol. The summed E-state index contributed by atoms with van der Waals surface area (Å²) in [5.41, 5.74) is -1.13. The fraction of sp³-hybridized carbons (Fsp3) is 0.586. The van der Waals surface area contributed by atoms with Crippen molar-refractivity contribution in [2.24, 2.45) is 22.7 Å². The number of allylic oxidation sites excluding steroid dienone is 1. The second-order valence-electron chi connectivity index (χ2n) is 11.2. The van der Waals surface area contributed by atoms with Crippen molar-refractivity contribution >= 4 is 23.5 Å². The lowest BCUT2D eigenvalue weighted by atomic mass is 9.50. The van der Waals surface area contributed by atoms with Crippen molar-refractivity contribution in [2.75, 3.05) is 26.8 Å². The van der Waals surface area contributed by atoms with Crippen LogP contribution in [0.25, 0.3) is 0 Å². The van der Waals surface area contributed by atoms with Gasteiger partial charge in [0, 0.05) is 49.7 Å². The fourth-order valence-electron chi connectivity index (χ4n) is 7.20. The first-order valence-corrected chi connectivity index (χ1v) is 13.0. The molecule has 0 amide bonds. The van der Waals surface area contributed by atoms with Crippen LogP contribution in [0.2, 0.25) is 0 Å². The van der Waals surface area contributed by atoms with Gasteiger partial charge in [-0.15, -0.1) is 13.2 Å². The third-order valence-electron chi connectivity index (χ3n) is 8.92. The van der Waals surface area contributed by atoms with Crippen molar-refractivity contribution in [1.29, 1.82) is 0 Å². The molecule has 1 N–H and O–H groups in total. The highest BCUT2D eigenvalue weighted by Gasteiger charge is 2.67. The highest BCUT2D eigenvalue weighted by Crippen LogP contribution is 2.63. The van der Waals surface area contributed by atoms with Crippen LogP contribution >= 0.6 is 0 Å². The summed E-state index contributed by atoms with van der Waals surface area (Å²) in [6, 6.07) is 0. The van der Waals surface area contributed by atoms with Gasteiger partial charge in [0.25, 0.3) is 0 Å². The number of carbonyl (C=O) groups is 4. The lowest BCUT2D eigenvalue weighted by Crippen LogP contribution is -2.63. The number of esters is 2. The number of rotatable bonds is 8. The van der Waals surface area contributed by atoms with E-state index in [2.05, 4.69) is 13.2 Å². The average molecular weight is 528 g/mol. The second-order valence-corrected chi connectivity index (χ2v) is 11.2. The van der Waals surface area contributed by atoms with Gasteiger partial charge in [0.1, 0.15) is 12.2 Å². The number of cyclic esters (lactones) is 1. The lowest BCUT2D eigenvalue weighted by Gasteiger charge is -2.56. The van der Waals surface area contributed by atoms with E-state index in [0.717, 1.165) is 0 Å². The third kappa shape index (κ3) is 4.16. The minimum absolute atomic E-state index is 0.0232. The maximum absolute atomic E-state index is 14.0. The zero-order valence-corrected chi connectivity index (χ0v) is 22.5. The molecule has 2 unspecified atom stereocenters. The van der Waals surface area contributed by atoms with Gasteiger partial charge in [0.15, 0.2) is 0 Å². The number of fused-ring (bicyclic) bond motifs is 4. The number of Topliss-reactive ketones (excluding diaryl/α,β-unsaturated/α-hetero) is 2. The summed E-state index contributed by atoms with van der Waals surface area (Å²) >= 11 is 0. The first-order chi connectivity index (χ1) is 17.9. The van der Waals surface area contributed by atoms with E-state index in [1.807, 2.05) is 6.92 Å². The van der Waals surface area contributed by atoms with E-state index in [0.29, 0.717) is 31.5 Å². The Morgan fingerprint density at radius 2 is 1.84 bits per heavy atom. The Morgan fingerprint density at radius 3 is 2.42 bits per heavy atom. The van der Waals surface area contributed by atoms with Crippen molar-refractivity contribution < 1.29 is 38.5 Å². The maximum Gasteiger partial charge on any atom is 0.336 e. The molecule has 2 fully saturated rings. The van der Waals surface area contributed by atoms with E-state index in [-0.39, 0.29) is 30.1 Å². The van der Waals surface area contributed by atoms with Gasteiger partial charge >= 0.3 is 11.9 Å². The maximum atomic E-state index is 14.0. The van der Waals surface area contributed by atoms with Crippen molar-refractivity contribution in [3.63, 3.8) is 0 Å². The highest BCUT2D eigenvalue weighted by atomic mass is 16.6. The van der Waals surface area contributed by atoms with E-state index in [9.17, 15) is 24.3 Å². The Kier molecular flexibility index (Phi) is 7.56. The van der Waals surface area contributed by atoms with E-state index < -0.39 is 58.6 Å². The number of aliphatic hydroxyl groups excluding tert-OH is 1. The van der Waals surface area contributed by atoms with E-state index in [4.69, 9.17) is 14.2 Å². The largest absolute Gasteiger partial charge is 0.458 e. The first kappa shape index (κ1) is 28.0. The lowest BCUT2D eigenvalue weighted by molar-refractivity contribution is -0.175. The van der Waals surface area contributed by atoms with Gasteiger partial charge in [-0.25, -0.2) is 4.79 Å². The summed E-state index contributed by atoms with van der Waals surface area (Å²) in [6.45, 7) is 13.2. The topological polar surface area (TPSA) is 119 Å². The number of hydrogen-bond acceptors (Lipinski definition) is 9. The van der Waals surface area contributed by atoms with Gasteiger partial charge < -0.3 is 24.2 Å². The van der Waals surface area contributed by atoms with E-state index in [1.165, 1.54) is 14.0 Å². The number of ether oxygens (including phenoxy) is 3. The van der Waals surface area contributed by atoms with Gasteiger partial charge in [-0.1, -0.05) is 26.0 Å². The summed E-state index contributed by atoms with van der Waals surface area (Å²) in [5, 5.41) is 10.9. The molecule has 4 aliphatic rings. The molecule has 206 valence electrons. The molecule has 1 saturated heterocycles. The molecule has 3 aliphatic carbocycles. The highest BCUT2D eigenvalue weighted by molar-refractivity contribution is 6.47. The minimum Gasteiger partial charge on any atom is -0.458 e. The van der Waals surface area contributed by atoms with Crippen LogP contribution in [0.15, 0.2) is 48.2 Å². The molecule has 1 heterocycles. The molecule has 9 heteroatoms. The molecule has 0 bridgehead atoms. The Hall–Kier alpha value is -3.04. The van der Waals surface area contributed by atoms with Gasteiger partial charge in [-0.3, -0.25) is 14.4 Å². The van der Waals surface area contributed by atoms with Crippen LogP contribution in [-0.2, 0) is 33.4 Å². The smallest absolute Gasteiger partial charge is 0.336 e. The quantitative estimate of drug-likeness (QED) is 0.219. The SMILES string of the molecule is C=CCN(C=C1C(=O)O[C@H](COC)[C@]2(C)C3=C(C(=O)C(=O)C12)[C@@H]1CCC(O)[C@@]1(C)C[C@H]3OC(C)=O)CC=C. The van der Waals surface area contributed by atoms with Crippen LogP contribution < -0.4 is 0 Å². The van der Waals surface area contributed by atoms with E-state index >= 15 is 0 Å². The molecule has 1 aliphatic heterocycles. The van der Waals surface area contributed by atoms with Crippen LogP contribution in [0.4, 0.5) is 0 Å². The standard InChI is InChI=1S/C29H37NO8/c1-7-11-30(12-8-2)14-17-23-26(34)25(33)22-18-9-10-20(32)28(18,4)13-19(37-16(3)31)24(22)29(23,5)21(15-36-6)38-27(17)35/h7-8,14,18-21,23,32H,1-2,9-13,15H2,3-6H3/t18-,19+,20?,21+,23?,28-,29-/m0/s1. The minimum atomic E-state index is -1.22. The number of nitrogens with zero attached hydrogens (tertiary/aromatic N) is 1. The average Bonchev–Trinajstić information content (AvgIpc) is 3.13. The van der Waals surface area contributed by atoms with Crippen LogP contribution in [0.1, 0.15) is 40.0 Å². The number of hydrogen-bond donors (Lipinski definition) is 1. The van der Waals surface area contributed by atoms with Crippen LogP contribution in [0, 0.1) is 22.7 Å². The van der Waals surface area contributed by atoms with Gasteiger partial charge in [-0.2, -0.15) is 0 Å². The molecule has 0 aromatic carbocycles. The van der Waals surface area contributed by atoms with Crippen molar-refractivity contribution in [3.8, 4) is 0 Å². The van der Waals surface area contributed by atoms with Gasteiger partial charge in [0.2, 0.25) is 11.6 Å². The third-order valence-corrected chi connectivity index (χ3v) is 8.92. The number of carbonyl (C=O) groups excluding carboxylic acids is 4. The molecule has 0 radical (unpaired) electrons. The van der Waals surface area contributed by atoms with Crippen molar-refractivity contribution in [1.82, 2.24) is 4.90 Å². The molecule has 7 atom stereocenters. The molecular weight excluding hydrogens is 490 g/mol. The molecule has 4 rings (SSSR count). The van der Waals surface area contributed by atoms with Crippen molar-refractivity contribution in [2.45, 2.75) is 58.3 Å². The molecule has 38 heavy (non-hydrogen) atoms. The predicted octanol–water partition coefficient (Wildman–Crippen LogP) is 2.30. The van der Waals surface area contributed by atoms with Gasteiger partial charge in [0.05, 0.1) is 24.2 Å². The molecule has 1 saturated carbocycles. The van der Waals surface area contributed by atoms with Crippen LogP contribution in [0.3, 0.4) is 0 Å². The molecule has 0 aromatic rings. The summed E-state index contributed by atoms with van der Waals surface area (Å²) in [5.74, 6) is -4.21. The molecular formula is C29H37NO8. The van der Waals surface area contributed by atoms with E-state index in [1.54, 1.807) is 30.2 Å². The summed E-state index contributed by atoms with van der Waals surface area (Å²) in [7, 11) is 1.47. The molecule has 0 spiro atoms. The summed E-state index contributed by atoms with van der Waals surface area (Å²) in [6.07, 6.45) is 3.61. The number of methoxy groups -OCH3 is 1. The zero-order chi connectivity index (χ0) is 28.0. The fourth-order valence-corrected chi connectivity index (χ4v) is 7.20. The Balaban J connectivity index is 2.00. The normalized spacial score (nSPS) is 37.2. The summed E-state index contributed by atoms with van der Waals surface area (Å²) < 4.78 is 17.2.